The van der Waals surface area contributed by atoms with E-state index >= 15 is 0 Å². The highest BCUT2D eigenvalue weighted by atomic mass is 32.1. The number of carbonyl (C=O) groups excluding carboxylic acids is 6. The molecule has 0 saturated carbocycles. The Bertz CT molecular complexity index is 1520. The van der Waals surface area contributed by atoms with E-state index in [1.165, 1.54) is 6.92 Å². The van der Waals surface area contributed by atoms with Gasteiger partial charge in [0.1, 0.15) is 30.2 Å². The van der Waals surface area contributed by atoms with Crippen LogP contribution >= 0.6 is 12.6 Å². The van der Waals surface area contributed by atoms with Crippen LogP contribution in [-0.4, -0.2) is 100 Å². The molecule has 1 aromatic carbocycles. The SMILES string of the molecule is CC(C)[C@H](NC(=O)[C@H](CC(N)=O)NC(=O)[C@H](C)NC(=O)[C@H](Cc1c[nH]c2ccccc12)NC(=O)[C@H](CCCCN)NC(=O)[C@@H](N)CS)C(=O)O. The molecule has 1 heterocycles. The molecular formula is C32H49N9O8S. The van der Waals surface area contributed by atoms with Crippen LogP contribution in [0.25, 0.3) is 10.9 Å². The van der Waals surface area contributed by atoms with Crippen molar-refractivity contribution in [2.75, 3.05) is 12.3 Å². The standard InChI is InChI=1S/C32H49N9O8S/c1-16(2)26(32(48)49)41-31(47)24(13-25(35)42)39-27(43)17(3)37-30(46)23(12-18-14-36-21-9-5-4-8-19(18)21)40-29(45)22(10-6-7-11-33)38-28(44)20(34)15-50/h4-5,8-9,14,16-17,20,22-24,26,36,50H,6-7,10-13,15,33-34H2,1-3H3,(H2,35,42)(H,37,46)(H,38,44)(H,39,43)(H,40,45)(H,41,47)(H,48,49)/t17-,20-,22-,23-,24-,26-/m0/s1. The summed E-state index contributed by atoms with van der Waals surface area (Å²) < 4.78 is 0. The molecule has 0 aliphatic rings. The van der Waals surface area contributed by atoms with Gasteiger partial charge in [-0.1, -0.05) is 32.0 Å². The van der Waals surface area contributed by atoms with Gasteiger partial charge in [0.05, 0.1) is 12.5 Å². The van der Waals surface area contributed by atoms with Gasteiger partial charge in [-0.3, -0.25) is 28.8 Å². The van der Waals surface area contributed by atoms with Gasteiger partial charge < -0.3 is 53.9 Å². The van der Waals surface area contributed by atoms with Crippen molar-refractivity contribution in [1.82, 2.24) is 31.6 Å². The lowest BCUT2D eigenvalue weighted by atomic mass is 10.0. The number of unbranched alkanes of at least 4 members (excludes halogenated alkanes) is 1. The summed E-state index contributed by atoms with van der Waals surface area (Å²) in [7, 11) is 0. The van der Waals surface area contributed by atoms with Gasteiger partial charge in [-0.25, -0.2) is 4.79 Å². The molecule has 276 valence electrons. The van der Waals surface area contributed by atoms with Crippen molar-refractivity contribution in [3.05, 3.63) is 36.0 Å². The van der Waals surface area contributed by atoms with E-state index in [-0.39, 0.29) is 18.6 Å². The third kappa shape index (κ3) is 12.6. The maximum Gasteiger partial charge on any atom is 0.326 e. The third-order valence-electron chi connectivity index (χ3n) is 7.87. The zero-order valence-corrected chi connectivity index (χ0v) is 29.3. The molecule has 0 aliphatic carbocycles. The number of nitrogens with two attached hydrogens (primary N) is 3. The summed E-state index contributed by atoms with van der Waals surface area (Å²) in [5.41, 5.74) is 18.2. The van der Waals surface area contributed by atoms with Crippen LogP contribution in [-0.2, 0) is 40.0 Å². The number of hydrogen-bond donors (Lipinski definition) is 11. The summed E-state index contributed by atoms with van der Waals surface area (Å²) >= 11 is 4.04. The number of H-pyrrole nitrogens is 1. The number of carboxylic acid groups (broad SMARTS) is 1. The molecule has 0 unspecified atom stereocenters. The first-order valence-corrected chi connectivity index (χ1v) is 16.9. The average Bonchev–Trinajstić information content (AvgIpc) is 3.47. The van der Waals surface area contributed by atoms with E-state index in [1.54, 1.807) is 20.0 Å². The van der Waals surface area contributed by atoms with Crippen molar-refractivity contribution in [2.45, 2.75) is 89.1 Å². The van der Waals surface area contributed by atoms with Gasteiger partial charge in [0.2, 0.25) is 35.4 Å². The molecule has 1 aromatic heterocycles. The molecule has 13 N–H and O–H groups in total. The predicted octanol–water partition coefficient (Wildman–Crippen LogP) is -1.84. The Hall–Kier alpha value is -4.68. The molecule has 6 atom stereocenters. The molecule has 6 amide bonds. The number of thiol groups is 1. The van der Waals surface area contributed by atoms with Crippen LogP contribution in [0.1, 0.15) is 52.0 Å². The minimum Gasteiger partial charge on any atom is -0.480 e. The monoisotopic (exact) mass is 719 g/mol. The molecule has 17 nitrogen and oxygen atoms in total. The van der Waals surface area contributed by atoms with Gasteiger partial charge in [0.15, 0.2) is 0 Å². The van der Waals surface area contributed by atoms with Gasteiger partial charge in [-0.2, -0.15) is 12.6 Å². The van der Waals surface area contributed by atoms with Crippen molar-refractivity contribution in [2.24, 2.45) is 23.1 Å². The number of carbonyl (C=O) groups is 7. The summed E-state index contributed by atoms with van der Waals surface area (Å²) in [6, 6.07) is -0.131. The van der Waals surface area contributed by atoms with Crippen LogP contribution < -0.4 is 43.8 Å². The number of hydrogen-bond acceptors (Lipinski definition) is 10. The fourth-order valence-corrected chi connectivity index (χ4v) is 5.15. The topological polar surface area (TPSA) is 294 Å². The van der Waals surface area contributed by atoms with E-state index in [1.807, 2.05) is 24.3 Å². The first kappa shape index (κ1) is 41.5. The number of primary amides is 1. The minimum absolute atomic E-state index is 0.0198. The number of aromatic amines is 1. The molecule has 0 fully saturated rings. The second-order valence-corrected chi connectivity index (χ2v) is 12.7. The highest BCUT2D eigenvalue weighted by Gasteiger charge is 2.33. The number of aliphatic carboxylic acids is 1. The smallest absolute Gasteiger partial charge is 0.326 e. The van der Waals surface area contributed by atoms with Crippen molar-refractivity contribution in [3.63, 3.8) is 0 Å². The fraction of sp³-hybridized carbons (Fsp3) is 0.531. The van der Waals surface area contributed by atoms with Crippen LogP contribution in [0.15, 0.2) is 30.5 Å². The highest BCUT2D eigenvalue weighted by molar-refractivity contribution is 7.80. The van der Waals surface area contributed by atoms with Gasteiger partial charge in [0.25, 0.3) is 0 Å². The number of amides is 6. The number of fused-ring (bicyclic) bond motifs is 1. The Labute approximate surface area is 295 Å². The summed E-state index contributed by atoms with van der Waals surface area (Å²) in [6.07, 6.45) is 2.30. The first-order valence-electron chi connectivity index (χ1n) is 16.2. The normalized spacial score (nSPS) is 14.8. The molecule has 0 aliphatic heterocycles. The summed E-state index contributed by atoms with van der Waals surface area (Å²) in [4.78, 5) is 92.4. The Morgan fingerprint density at radius 2 is 1.42 bits per heavy atom. The maximum atomic E-state index is 13.7. The summed E-state index contributed by atoms with van der Waals surface area (Å²) in [5, 5.41) is 22.7. The second-order valence-electron chi connectivity index (χ2n) is 12.3. The van der Waals surface area contributed by atoms with Crippen molar-refractivity contribution in [3.8, 4) is 0 Å². The second kappa shape index (κ2) is 20.1. The number of nitrogens with one attached hydrogen (secondary N) is 6. The number of carboxylic acids is 1. The quantitative estimate of drug-likeness (QED) is 0.0506. The molecular weight excluding hydrogens is 670 g/mol. The van der Waals surface area contributed by atoms with Crippen LogP contribution in [0, 0.1) is 5.92 Å². The van der Waals surface area contributed by atoms with Gasteiger partial charge >= 0.3 is 5.97 Å². The zero-order valence-electron chi connectivity index (χ0n) is 28.4. The fourth-order valence-electron chi connectivity index (χ4n) is 4.98. The zero-order chi connectivity index (χ0) is 37.5. The van der Waals surface area contributed by atoms with Crippen LogP contribution in [0.3, 0.4) is 0 Å². The van der Waals surface area contributed by atoms with Crippen LogP contribution in [0.5, 0.6) is 0 Å². The molecule has 2 aromatic rings. The number of rotatable bonds is 21. The Kier molecular flexibility index (Phi) is 16.7. The van der Waals surface area contributed by atoms with E-state index in [2.05, 4.69) is 44.2 Å². The van der Waals surface area contributed by atoms with Crippen LogP contribution in [0.4, 0.5) is 0 Å². The lowest BCUT2D eigenvalue weighted by molar-refractivity contribution is -0.143. The van der Waals surface area contributed by atoms with Gasteiger partial charge in [-0.15, -0.1) is 0 Å². The van der Waals surface area contributed by atoms with Gasteiger partial charge in [-0.05, 0) is 50.3 Å². The van der Waals surface area contributed by atoms with Gasteiger partial charge in [0, 0.05) is 29.3 Å². The molecule has 0 saturated heterocycles. The van der Waals surface area contributed by atoms with E-state index in [4.69, 9.17) is 17.2 Å². The maximum absolute atomic E-state index is 13.7. The van der Waals surface area contributed by atoms with Crippen LogP contribution in [0.2, 0.25) is 0 Å². The molecule has 0 spiro atoms. The van der Waals surface area contributed by atoms with Crippen molar-refractivity contribution in [1.29, 1.82) is 0 Å². The minimum atomic E-state index is -1.54. The molecule has 18 heteroatoms. The van der Waals surface area contributed by atoms with Crippen molar-refractivity contribution >= 4 is 64.9 Å². The Morgan fingerprint density at radius 3 is 2.02 bits per heavy atom. The number of aromatic nitrogens is 1. The summed E-state index contributed by atoms with van der Waals surface area (Å²) in [6.45, 7) is 4.82. The predicted molar refractivity (Wildman–Crippen MR) is 188 cm³/mol. The Morgan fingerprint density at radius 1 is 0.820 bits per heavy atom. The lowest BCUT2D eigenvalue weighted by Gasteiger charge is -2.26. The van der Waals surface area contributed by atoms with E-state index in [9.17, 15) is 38.7 Å². The van der Waals surface area contributed by atoms with E-state index in [0.29, 0.717) is 24.9 Å². The molecule has 0 radical (unpaired) electrons. The molecule has 0 bridgehead atoms. The first-order chi connectivity index (χ1) is 23.6. The average molecular weight is 720 g/mol. The van der Waals surface area contributed by atoms with E-state index < -0.39 is 90.0 Å². The van der Waals surface area contributed by atoms with E-state index in [0.717, 1.165) is 10.9 Å². The highest BCUT2D eigenvalue weighted by Crippen LogP contribution is 2.19. The van der Waals surface area contributed by atoms with Crippen molar-refractivity contribution < 1.29 is 38.7 Å². The number of benzene rings is 1. The lowest BCUT2D eigenvalue weighted by Crippen LogP contribution is -2.59. The molecule has 2 rings (SSSR count). The number of para-hydroxylation sites is 1. The Balaban J connectivity index is 2.31. The largest absolute Gasteiger partial charge is 0.480 e. The third-order valence-corrected chi connectivity index (χ3v) is 8.26. The summed E-state index contributed by atoms with van der Waals surface area (Å²) in [5.74, 6) is -6.62. The molecule has 50 heavy (non-hydrogen) atoms.